The van der Waals surface area contributed by atoms with Crippen LogP contribution in [-0.4, -0.2) is 23.0 Å². The smallest absolute Gasteiger partial charge is 0.251 e. The predicted molar refractivity (Wildman–Crippen MR) is 127 cm³/mol. The zero-order chi connectivity index (χ0) is 22.7. The average Bonchev–Trinajstić information content (AvgIpc) is 3.08. The molecule has 0 aliphatic heterocycles. The minimum absolute atomic E-state index is 0.237. The van der Waals surface area contributed by atoms with Crippen LogP contribution >= 0.6 is 15.9 Å². The summed E-state index contributed by atoms with van der Waals surface area (Å²) in [5, 5.41) is 16.7. The van der Waals surface area contributed by atoms with Crippen molar-refractivity contribution in [3.63, 3.8) is 0 Å². The van der Waals surface area contributed by atoms with E-state index in [0.29, 0.717) is 23.4 Å². The maximum atomic E-state index is 13.8. The van der Waals surface area contributed by atoms with Crippen molar-refractivity contribution in [2.24, 2.45) is 4.99 Å². The van der Waals surface area contributed by atoms with Crippen LogP contribution in [0.2, 0.25) is 0 Å². The molecule has 0 bridgehead atoms. The minimum Gasteiger partial charge on any atom is -0.390 e. The minimum atomic E-state index is -0.699. The number of fused-ring (bicyclic) bond motifs is 1. The van der Waals surface area contributed by atoms with Crippen LogP contribution < -0.4 is 10.6 Å². The Hall–Kier alpha value is -3.03. The molecule has 1 aliphatic rings. The average molecular weight is 496 g/mol. The Morgan fingerprint density at radius 2 is 1.91 bits per heavy atom. The number of nitrogens with zero attached hydrogens (tertiary/aromatic N) is 1. The lowest BCUT2D eigenvalue weighted by Gasteiger charge is -2.19. The topological polar surface area (TPSA) is 73.7 Å². The van der Waals surface area contributed by atoms with Crippen molar-refractivity contribution in [1.29, 1.82) is 0 Å². The number of aliphatic imine (C=N–C) groups is 1. The fraction of sp³-hybridized carbons (Fsp3) is 0.200. The van der Waals surface area contributed by atoms with Gasteiger partial charge in [-0.2, -0.15) is 0 Å². The number of aliphatic hydroxyl groups excluding tert-OH is 1. The molecule has 3 aromatic carbocycles. The summed E-state index contributed by atoms with van der Waals surface area (Å²) in [5.41, 5.74) is 3.70. The Morgan fingerprint density at radius 3 is 2.66 bits per heavy atom. The van der Waals surface area contributed by atoms with Crippen molar-refractivity contribution < 1.29 is 14.3 Å². The molecule has 0 fully saturated rings. The second-order valence-electron chi connectivity index (χ2n) is 7.76. The van der Waals surface area contributed by atoms with Crippen molar-refractivity contribution in [1.82, 2.24) is 5.32 Å². The number of anilines is 1. The third-order valence-corrected chi connectivity index (χ3v) is 5.99. The summed E-state index contributed by atoms with van der Waals surface area (Å²) < 4.78 is 14.7. The highest BCUT2D eigenvalue weighted by molar-refractivity contribution is 9.10. The van der Waals surface area contributed by atoms with Gasteiger partial charge in [-0.1, -0.05) is 40.2 Å². The van der Waals surface area contributed by atoms with Gasteiger partial charge in [0.1, 0.15) is 5.82 Å². The lowest BCUT2D eigenvalue weighted by Crippen LogP contribution is -2.33. The van der Waals surface area contributed by atoms with E-state index in [2.05, 4.69) is 31.6 Å². The molecule has 164 valence electrons. The monoisotopic (exact) mass is 495 g/mol. The largest absolute Gasteiger partial charge is 0.390 e. The SMILES string of the molecule is CC(=NCc1ccccc1F)Nc1ccc2c(c1)[C@@H](NC(=O)c1ccc(Br)cc1)[C@H](O)C2. The molecule has 5 nitrogen and oxygen atoms in total. The highest BCUT2D eigenvalue weighted by atomic mass is 79.9. The third-order valence-electron chi connectivity index (χ3n) is 5.46. The quantitative estimate of drug-likeness (QED) is 0.344. The Kier molecular flexibility index (Phi) is 6.67. The normalized spacial score (nSPS) is 17.7. The van der Waals surface area contributed by atoms with Gasteiger partial charge in [-0.3, -0.25) is 9.79 Å². The zero-order valence-electron chi connectivity index (χ0n) is 17.5. The van der Waals surface area contributed by atoms with Gasteiger partial charge < -0.3 is 15.7 Å². The molecule has 0 spiro atoms. The second-order valence-corrected chi connectivity index (χ2v) is 8.68. The lowest BCUT2D eigenvalue weighted by atomic mass is 10.1. The van der Waals surface area contributed by atoms with E-state index < -0.39 is 12.1 Å². The molecular formula is C25H23BrFN3O2. The second kappa shape index (κ2) is 9.63. The Balaban J connectivity index is 1.47. The Morgan fingerprint density at radius 1 is 1.16 bits per heavy atom. The third kappa shape index (κ3) is 5.06. The number of carbonyl (C=O) groups excluding carboxylic acids is 1. The van der Waals surface area contributed by atoms with Gasteiger partial charge in [-0.25, -0.2) is 4.39 Å². The van der Waals surface area contributed by atoms with E-state index in [1.54, 1.807) is 42.5 Å². The fourth-order valence-corrected chi connectivity index (χ4v) is 4.04. The van der Waals surface area contributed by atoms with Crippen molar-refractivity contribution in [3.05, 3.63) is 99.3 Å². The van der Waals surface area contributed by atoms with Crippen LogP contribution in [0.25, 0.3) is 0 Å². The molecule has 0 saturated heterocycles. The maximum Gasteiger partial charge on any atom is 0.251 e. The first-order valence-corrected chi connectivity index (χ1v) is 11.1. The van der Waals surface area contributed by atoms with Crippen LogP contribution in [0.3, 0.4) is 0 Å². The van der Waals surface area contributed by atoms with Crippen LogP contribution in [-0.2, 0) is 13.0 Å². The first-order valence-electron chi connectivity index (χ1n) is 10.3. The standard InChI is InChI=1S/C25H23BrFN3O2/c1-15(28-14-18-4-2-3-5-22(18)27)29-20-11-8-17-12-23(31)24(21(17)13-20)30-25(32)16-6-9-19(26)10-7-16/h2-11,13,23-24,31H,12,14H2,1H3,(H,28,29)(H,30,32)/t23-,24-/m1/s1. The van der Waals surface area contributed by atoms with Gasteiger partial charge in [0.15, 0.2) is 0 Å². The first-order chi connectivity index (χ1) is 15.4. The molecule has 0 aromatic heterocycles. The number of amidine groups is 1. The summed E-state index contributed by atoms with van der Waals surface area (Å²) in [4.78, 5) is 17.1. The molecule has 4 rings (SSSR count). The molecule has 1 amide bonds. The van der Waals surface area contributed by atoms with Crippen LogP contribution in [0.15, 0.2) is 76.2 Å². The molecule has 1 aliphatic carbocycles. The van der Waals surface area contributed by atoms with E-state index in [0.717, 1.165) is 21.3 Å². The maximum absolute atomic E-state index is 13.8. The molecular weight excluding hydrogens is 473 g/mol. The van der Waals surface area contributed by atoms with E-state index >= 15 is 0 Å². The Bertz CT molecular complexity index is 1160. The van der Waals surface area contributed by atoms with Gasteiger partial charge in [0, 0.05) is 27.7 Å². The van der Waals surface area contributed by atoms with Crippen molar-refractivity contribution in [2.75, 3.05) is 5.32 Å². The molecule has 0 unspecified atom stereocenters. The summed E-state index contributed by atoms with van der Waals surface area (Å²) in [6, 6.07) is 18.9. The van der Waals surface area contributed by atoms with Crippen molar-refractivity contribution in [3.8, 4) is 0 Å². The van der Waals surface area contributed by atoms with Crippen LogP contribution in [0, 0.1) is 5.82 Å². The number of nitrogens with one attached hydrogen (secondary N) is 2. The van der Waals surface area contributed by atoms with Gasteiger partial charge in [0.25, 0.3) is 5.91 Å². The number of rotatable bonds is 5. The molecule has 0 heterocycles. The van der Waals surface area contributed by atoms with E-state index in [-0.39, 0.29) is 18.3 Å². The molecule has 0 radical (unpaired) electrons. The number of amides is 1. The predicted octanol–water partition coefficient (Wildman–Crippen LogP) is 5.01. The lowest BCUT2D eigenvalue weighted by molar-refractivity contribution is 0.0858. The van der Waals surface area contributed by atoms with E-state index in [4.69, 9.17) is 0 Å². The van der Waals surface area contributed by atoms with Crippen molar-refractivity contribution >= 4 is 33.4 Å². The van der Waals surface area contributed by atoms with Gasteiger partial charge in [0.2, 0.25) is 0 Å². The summed E-state index contributed by atoms with van der Waals surface area (Å²) in [6.45, 7) is 2.05. The molecule has 3 N–H and O–H groups in total. The molecule has 32 heavy (non-hydrogen) atoms. The zero-order valence-corrected chi connectivity index (χ0v) is 19.1. The van der Waals surface area contributed by atoms with Crippen molar-refractivity contribution in [2.45, 2.75) is 32.0 Å². The Labute approximate surface area is 194 Å². The molecule has 2 atom stereocenters. The molecule has 0 saturated carbocycles. The van der Waals surface area contributed by atoms with Crippen LogP contribution in [0.1, 0.15) is 40.0 Å². The summed E-state index contributed by atoms with van der Waals surface area (Å²) in [7, 11) is 0. The van der Waals surface area contributed by atoms with Gasteiger partial charge in [-0.05, 0) is 60.5 Å². The molecule has 7 heteroatoms. The first kappa shape index (κ1) is 22.2. The summed E-state index contributed by atoms with van der Waals surface area (Å²) >= 11 is 3.36. The number of halogens is 2. The number of benzene rings is 3. The van der Waals surface area contributed by atoms with Gasteiger partial charge >= 0.3 is 0 Å². The highest BCUT2D eigenvalue weighted by Gasteiger charge is 2.32. The highest BCUT2D eigenvalue weighted by Crippen LogP contribution is 2.34. The van der Waals surface area contributed by atoms with E-state index in [9.17, 15) is 14.3 Å². The molecule has 3 aromatic rings. The van der Waals surface area contributed by atoms with E-state index in [1.165, 1.54) is 6.07 Å². The summed E-state index contributed by atoms with van der Waals surface area (Å²) in [5.74, 6) is 0.123. The van der Waals surface area contributed by atoms with E-state index in [1.807, 2.05) is 25.1 Å². The number of hydrogen-bond donors (Lipinski definition) is 3. The van der Waals surface area contributed by atoms with Crippen LogP contribution in [0.5, 0.6) is 0 Å². The van der Waals surface area contributed by atoms with Gasteiger partial charge in [0.05, 0.1) is 24.5 Å². The number of hydrogen-bond acceptors (Lipinski definition) is 3. The fourth-order valence-electron chi connectivity index (χ4n) is 3.78. The number of carbonyl (C=O) groups is 1. The summed E-state index contributed by atoms with van der Waals surface area (Å²) in [6.07, 6.45) is -0.225. The van der Waals surface area contributed by atoms with Crippen LogP contribution in [0.4, 0.5) is 10.1 Å². The number of aliphatic hydroxyl groups is 1. The van der Waals surface area contributed by atoms with Gasteiger partial charge in [-0.15, -0.1) is 0 Å².